The molecule has 0 aromatic heterocycles. The Kier molecular flexibility index (Phi) is 9.49. The third-order valence-electron chi connectivity index (χ3n) is 5.63. The molecule has 0 bridgehead atoms. The number of halogens is 1. The summed E-state index contributed by atoms with van der Waals surface area (Å²) in [6.45, 7) is 7.95. The summed E-state index contributed by atoms with van der Waals surface area (Å²) in [6, 6.07) is 22.7. The van der Waals surface area contributed by atoms with Gasteiger partial charge in [0.05, 0.1) is 0 Å². The Labute approximate surface area is 216 Å². The Morgan fingerprint density at radius 1 is 0.943 bits per heavy atom. The van der Waals surface area contributed by atoms with Gasteiger partial charge in [0.25, 0.3) is 5.91 Å². The molecule has 0 heterocycles. The molecule has 0 saturated carbocycles. The lowest BCUT2D eigenvalue weighted by Crippen LogP contribution is -2.52. The van der Waals surface area contributed by atoms with Crippen LogP contribution in [0.15, 0.2) is 77.3 Å². The molecule has 2 amide bonds. The van der Waals surface area contributed by atoms with Crippen molar-refractivity contribution < 1.29 is 14.3 Å². The van der Waals surface area contributed by atoms with Gasteiger partial charge in [0, 0.05) is 23.5 Å². The summed E-state index contributed by atoms with van der Waals surface area (Å²) in [5.74, 6) is 0.237. The van der Waals surface area contributed by atoms with Gasteiger partial charge in [0.1, 0.15) is 11.8 Å². The van der Waals surface area contributed by atoms with Gasteiger partial charge in [-0.2, -0.15) is 0 Å². The number of carbonyl (C=O) groups excluding carboxylic acids is 2. The third-order valence-corrected chi connectivity index (χ3v) is 6.12. The molecule has 35 heavy (non-hydrogen) atoms. The van der Waals surface area contributed by atoms with Gasteiger partial charge in [-0.15, -0.1) is 0 Å². The molecule has 1 unspecified atom stereocenters. The van der Waals surface area contributed by atoms with Crippen LogP contribution >= 0.6 is 15.9 Å². The molecule has 0 spiro atoms. The van der Waals surface area contributed by atoms with Crippen LogP contribution in [0, 0.1) is 13.8 Å². The van der Waals surface area contributed by atoms with Crippen LogP contribution < -0.4 is 10.1 Å². The van der Waals surface area contributed by atoms with E-state index in [4.69, 9.17) is 4.74 Å². The van der Waals surface area contributed by atoms with Crippen LogP contribution in [-0.2, 0) is 22.6 Å². The van der Waals surface area contributed by atoms with Crippen molar-refractivity contribution in [2.75, 3.05) is 6.61 Å². The first-order chi connectivity index (χ1) is 16.7. The fourth-order valence-electron chi connectivity index (χ4n) is 3.95. The van der Waals surface area contributed by atoms with E-state index in [-0.39, 0.29) is 31.0 Å². The minimum atomic E-state index is -0.686. The normalized spacial score (nSPS) is 11.7. The quantitative estimate of drug-likeness (QED) is 0.366. The van der Waals surface area contributed by atoms with Crippen LogP contribution in [0.3, 0.4) is 0 Å². The molecule has 184 valence electrons. The Morgan fingerprint density at radius 2 is 1.66 bits per heavy atom. The third kappa shape index (κ3) is 7.96. The molecular formula is C29H33BrN2O3. The van der Waals surface area contributed by atoms with Crippen molar-refractivity contribution in [3.8, 4) is 5.75 Å². The van der Waals surface area contributed by atoms with E-state index in [1.165, 1.54) is 0 Å². The molecule has 1 N–H and O–H groups in total. The Hall–Kier alpha value is -3.12. The fraction of sp³-hybridized carbons (Fsp3) is 0.310. The molecule has 5 nitrogen and oxygen atoms in total. The second-order valence-corrected chi connectivity index (χ2v) is 9.99. The number of ether oxygens (including phenoxy) is 1. The Balaban J connectivity index is 1.92. The maximum Gasteiger partial charge on any atom is 0.261 e. The first kappa shape index (κ1) is 26.5. The molecule has 0 aliphatic heterocycles. The van der Waals surface area contributed by atoms with Gasteiger partial charge in [0.2, 0.25) is 5.91 Å². The van der Waals surface area contributed by atoms with Crippen molar-refractivity contribution in [2.24, 2.45) is 0 Å². The van der Waals surface area contributed by atoms with Gasteiger partial charge in [-0.05, 0) is 62.6 Å². The topological polar surface area (TPSA) is 58.6 Å². The average molecular weight is 537 g/mol. The number of carbonyl (C=O) groups is 2. The summed E-state index contributed by atoms with van der Waals surface area (Å²) in [5.41, 5.74) is 4.01. The standard InChI is InChI=1S/C29H33BrN2O3/c1-20(2)31-29(34)26(17-23-9-6-5-7-10-23)32(18-24-11-8-12-25(30)16-24)28(33)19-35-27-14-13-21(3)15-22(27)4/h5-16,20,26H,17-19H2,1-4H3,(H,31,34). The molecule has 0 fully saturated rings. The SMILES string of the molecule is Cc1ccc(OCC(=O)N(Cc2cccc(Br)c2)C(Cc2ccccc2)C(=O)NC(C)C)c(C)c1. The molecule has 6 heteroatoms. The van der Waals surface area contributed by atoms with Crippen LogP contribution in [0.4, 0.5) is 0 Å². The summed E-state index contributed by atoms with van der Waals surface area (Å²) >= 11 is 3.51. The van der Waals surface area contributed by atoms with Crippen molar-refractivity contribution >= 4 is 27.7 Å². The summed E-state index contributed by atoms with van der Waals surface area (Å²) < 4.78 is 6.84. The minimum Gasteiger partial charge on any atom is -0.483 e. The molecule has 3 aromatic carbocycles. The molecular weight excluding hydrogens is 504 g/mol. The molecule has 3 rings (SSSR count). The first-order valence-corrected chi connectivity index (χ1v) is 12.6. The maximum atomic E-state index is 13.6. The van der Waals surface area contributed by atoms with Gasteiger partial charge in [-0.25, -0.2) is 0 Å². The molecule has 0 aliphatic carbocycles. The monoisotopic (exact) mass is 536 g/mol. The molecule has 0 saturated heterocycles. The van der Waals surface area contributed by atoms with E-state index in [2.05, 4.69) is 21.2 Å². The number of aryl methyl sites for hydroxylation is 2. The van der Waals surface area contributed by atoms with Gasteiger partial charge < -0.3 is 15.0 Å². The number of amides is 2. The van der Waals surface area contributed by atoms with Gasteiger partial charge in [-0.1, -0.05) is 76.1 Å². The number of rotatable bonds is 10. The molecule has 3 aromatic rings. The van der Waals surface area contributed by atoms with Crippen molar-refractivity contribution in [3.05, 3.63) is 99.5 Å². The summed E-state index contributed by atoms with van der Waals surface area (Å²) in [4.78, 5) is 28.6. The predicted molar refractivity (Wildman–Crippen MR) is 143 cm³/mol. The first-order valence-electron chi connectivity index (χ1n) is 11.8. The highest BCUT2D eigenvalue weighted by Gasteiger charge is 2.31. The van der Waals surface area contributed by atoms with E-state index in [1.54, 1.807) is 4.90 Å². The predicted octanol–water partition coefficient (Wildman–Crippen LogP) is 5.61. The lowest BCUT2D eigenvalue weighted by molar-refractivity contribution is -0.143. The minimum absolute atomic E-state index is 0.0462. The van der Waals surface area contributed by atoms with Gasteiger partial charge >= 0.3 is 0 Å². The van der Waals surface area contributed by atoms with Crippen molar-refractivity contribution in [3.63, 3.8) is 0 Å². The summed E-state index contributed by atoms with van der Waals surface area (Å²) in [7, 11) is 0. The smallest absolute Gasteiger partial charge is 0.261 e. The number of hydrogen-bond donors (Lipinski definition) is 1. The average Bonchev–Trinajstić information content (AvgIpc) is 2.81. The van der Waals surface area contributed by atoms with Gasteiger partial charge in [0.15, 0.2) is 6.61 Å². The lowest BCUT2D eigenvalue weighted by Gasteiger charge is -2.32. The van der Waals surface area contributed by atoms with E-state index < -0.39 is 6.04 Å². The zero-order valence-electron chi connectivity index (χ0n) is 20.8. The highest BCUT2D eigenvalue weighted by atomic mass is 79.9. The molecule has 0 radical (unpaired) electrons. The van der Waals surface area contributed by atoms with Crippen LogP contribution in [0.5, 0.6) is 5.75 Å². The zero-order chi connectivity index (χ0) is 25.4. The summed E-state index contributed by atoms with van der Waals surface area (Å²) in [6.07, 6.45) is 0.405. The highest BCUT2D eigenvalue weighted by Crippen LogP contribution is 2.21. The van der Waals surface area contributed by atoms with Crippen LogP contribution in [0.25, 0.3) is 0 Å². The van der Waals surface area contributed by atoms with Crippen LogP contribution in [0.2, 0.25) is 0 Å². The van der Waals surface area contributed by atoms with Crippen LogP contribution in [-0.4, -0.2) is 35.4 Å². The Morgan fingerprint density at radius 3 is 2.31 bits per heavy atom. The van der Waals surface area contributed by atoms with E-state index in [9.17, 15) is 9.59 Å². The van der Waals surface area contributed by atoms with Crippen LogP contribution in [0.1, 0.15) is 36.1 Å². The maximum absolute atomic E-state index is 13.6. The number of nitrogens with zero attached hydrogens (tertiary/aromatic N) is 1. The zero-order valence-corrected chi connectivity index (χ0v) is 22.3. The number of hydrogen-bond acceptors (Lipinski definition) is 3. The largest absolute Gasteiger partial charge is 0.483 e. The summed E-state index contributed by atoms with van der Waals surface area (Å²) in [5, 5.41) is 3.00. The van der Waals surface area contributed by atoms with Crippen molar-refractivity contribution in [2.45, 2.75) is 52.7 Å². The highest BCUT2D eigenvalue weighted by molar-refractivity contribution is 9.10. The number of benzene rings is 3. The second-order valence-electron chi connectivity index (χ2n) is 9.08. The van der Waals surface area contributed by atoms with Crippen molar-refractivity contribution in [1.29, 1.82) is 0 Å². The van der Waals surface area contributed by atoms with E-state index in [0.717, 1.165) is 26.7 Å². The lowest BCUT2D eigenvalue weighted by atomic mass is 10.0. The molecule has 1 atom stereocenters. The number of nitrogens with one attached hydrogen (secondary N) is 1. The van der Waals surface area contributed by atoms with E-state index in [1.807, 2.05) is 100 Å². The van der Waals surface area contributed by atoms with Crippen molar-refractivity contribution in [1.82, 2.24) is 10.2 Å². The fourth-order valence-corrected chi connectivity index (χ4v) is 4.40. The van der Waals surface area contributed by atoms with E-state index >= 15 is 0 Å². The van der Waals surface area contributed by atoms with E-state index in [0.29, 0.717) is 12.2 Å². The van der Waals surface area contributed by atoms with Gasteiger partial charge in [-0.3, -0.25) is 9.59 Å². The molecule has 0 aliphatic rings. The second kappa shape index (κ2) is 12.5. The Bertz CT molecular complexity index is 1150.